The molecule has 0 aromatic heterocycles. The number of benzene rings is 2. The van der Waals surface area contributed by atoms with Gasteiger partial charge in [-0.25, -0.2) is 5.43 Å². The molecule has 0 aliphatic heterocycles. The van der Waals surface area contributed by atoms with Crippen molar-refractivity contribution in [1.29, 1.82) is 0 Å². The van der Waals surface area contributed by atoms with Crippen LogP contribution in [0.25, 0.3) is 0 Å². The third-order valence-electron chi connectivity index (χ3n) is 3.14. The summed E-state index contributed by atoms with van der Waals surface area (Å²) in [6.45, 7) is 4.60. The molecule has 2 aromatic carbocycles. The standard InChI is InChI=1S/C18H20N2O2/c1-3-12-22-17-11-7-5-9-15(17)13-19-20-18(21)16-10-6-4-8-14(16)2/h4-11,13H,3,12H2,1-2H3,(H,20,21)/b19-13+. The molecule has 4 nitrogen and oxygen atoms in total. The summed E-state index contributed by atoms with van der Waals surface area (Å²) in [5.41, 5.74) is 4.92. The number of hydrazone groups is 1. The number of para-hydroxylation sites is 1. The van der Waals surface area contributed by atoms with Gasteiger partial charge in [0, 0.05) is 11.1 Å². The van der Waals surface area contributed by atoms with Crippen LogP contribution in [-0.2, 0) is 0 Å². The van der Waals surface area contributed by atoms with Crippen molar-refractivity contribution >= 4 is 12.1 Å². The van der Waals surface area contributed by atoms with E-state index in [9.17, 15) is 4.79 Å². The van der Waals surface area contributed by atoms with Crippen LogP contribution in [-0.4, -0.2) is 18.7 Å². The van der Waals surface area contributed by atoms with E-state index in [1.165, 1.54) is 0 Å². The number of hydrogen-bond donors (Lipinski definition) is 1. The normalized spacial score (nSPS) is 10.6. The van der Waals surface area contributed by atoms with Crippen molar-refractivity contribution < 1.29 is 9.53 Å². The van der Waals surface area contributed by atoms with E-state index in [1.807, 2.05) is 49.4 Å². The number of carbonyl (C=O) groups excluding carboxylic acids is 1. The van der Waals surface area contributed by atoms with Gasteiger partial charge in [0.1, 0.15) is 5.75 Å². The largest absolute Gasteiger partial charge is 0.493 e. The van der Waals surface area contributed by atoms with Crippen molar-refractivity contribution in [3.05, 3.63) is 65.2 Å². The Balaban J connectivity index is 2.04. The van der Waals surface area contributed by atoms with Crippen LogP contribution in [0.15, 0.2) is 53.6 Å². The highest BCUT2D eigenvalue weighted by atomic mass is 16.5. The predicted octanol–water partition coefficient (Wildman–Crippen LogP) is 3.55. The highest BCUT2D eigenvalue weighted by Crippen LogP contribution is 2.16. The van der Waals surface area contributed by atoms with Crippen molar-refractivity contribution in [3.8, 4) is 5.75 Å². The fourth-order valence-corrected chi connectivity index (χ4v) is 1.98. The fraction of sp³-hybridized carbons (Fsp3) is 0.222. The topological polar surface area (TPSA) is 50.7 Å². The zero-order chi connectivity index (χ0) is 15.8. The SMILES string of the molecule is CCCOc1ccccc1/C=N/NC(=O)c1ccccc1C. The maximum absolute atomic E-state index is 12.1. The Hall–Kier alpha value is -2.62. The minimum atomic E-state index is -0.221. The molecule has 0 aliphatic rings. The number of aryl methyl sites for hydroxylation is 1. The molecule has 0 fully saturated rings. The molecular weight excluding hydrogens is 276 g/mol. The third kappa shape index (κ3) is 4.19. The number of carbonyl (C=O) groups is 1. The molecule has 0 atom stereocenters. The molecule has 0 unspecified atom stereocenters. The molecule has 114 valence electrons. The first-order valence-electron chi connectivity index (χ1n) is 7.33. The van der Waals surface area contributed by atoms with Gasteiger partial charge in [0.25, 0.3) is 5.91 Å². The molecule has 0 radical (unpaired) electrons. The lowest BCUT2D eigenvalue weighted by molar-refractivity contribution is 0.0954. The lowest BCUT2D eigenvalue weighted by atomic mass is 10.1. The van der Waals surface area contributed by atoms with Gasteiger partial charge < -0.3 is 4.74 Å². The smallest absolute Gasteiger partial charge is 0.271 e. The van der Waals surface area contributed by atoms with Gasteiger partial charge in [-0.05, 0) is 37.1 Å². The summed E-state index contributed by atoms with van der Waals surface area (Å²) in [5, 5.41) is 4.02. The molecular formula is C18H20N2O2. The molecule has 0 saturated heterocycles. The van der Waals surface area contributed by atoms with Gasteiger partial charge in [-0.2, -0.15) is 5.10 Å². The Bertz CT molecular complexity index is 666. The molecule has 0 spiro atoms. The molecule has 0 bridgehead atoms. The van der Waals surface area contributed by atoms with E-state index in [0.29, 0.717) is 12.2 Å². The molecule has 2 rings (SSSR count). The van der Waals surface area contributed by atoms with E-state index in [0.717, 1.165) is 23.3 Å². The van der Waals surface area contributed by atoms with Crippen molar-refractivity contribution in [2.24, 2.45) is 5.10 Å². The second-order valence-electron chi connectivity index (χ2n) is 4.90. The Morgan fingerprint density at radius 3 is 2.68 bits per heavy atom. The van der Waals surface area contributed by atoms with Gasteiger partial charge in [0.2, 0.25) is 0 Å². The molecule has 1 N–H and O–H groups in total. The molecule has 0 heterocycles. The summed E-state index contributed by atoms with van der Waals surface area (Å²) in [5.74, 6) is 0.541. The molecule has 0 saturated carbocycles. The molecule has 4 heteroatoms. The first-order chi connectivity index (χ1) is 10.7. The van der Waals surface area contributed by atoms with Gasteiger partial charge in [0.15, 0.2) is 0 Å². The summed E-state index contributed by atoms with van der Waals surface area (Å²) in [6, 6.07) is 15.0. The van der Waals surface area contributed by atoms with Crippen LogP contribution in [0.4, 0.5) is 0 Å². The highest BCUT2D eigenvalue weighted by Gasteiger charge is 2.06. The number of ether oxygens (including phenoxy) is 1. The Morgan fingerprint density at radius 2 is 1.91 bits per heavy atom. The lowest BCUT2D eigenvalue weighted by Crippen LogP contribution is -2.18. The van der Waals surface area contributed by atoms with E-state index in [1.54, 1.807) is 12.3 Å². The van der Waals surface area contributed by atoms with Gasteiger partial charge in [0.05, 0.1) is 12.8 Å². The number of nitrogens with one attached hydrogen (secondary N) is 1. The molecule has 22 heavy (non-hydrogen) atoms. The van der Waals surface area contributed by atoms with Crippen LogP contribution < -0.4 is 10.2 Å². The zero-order valence-electron chi connectivity index (χ0n) is 12.9. The van der Waals surface area contributed by atoms with Crippen LogP contribution in [0.1, 0.15) is 34.8 Å². The maximum Gasteiger partial charge on any atom is 0.271 e. The van der Waals surface area contributed by atoms with Crippen molar-refractivity contribution in [2.75, 3.05) is 6.61 Å². The van der Waals surface area contributed by atoms with Crippen LogP contribution in [0.5, 0.6) is 5.75 Å². The Labute approximate surface area is 130 Å². The summed E-state index contributed by atoms with van der Waals surface area (Å²) < 4.78 is 5.64. The minimum Gasteiger partial charge on any atom is -0.493 e. The highest BCUT2D eigenvalue weighted by molar-refractivity contribution is 5.96. The monoisotopic (exact) mass is 296 g/mol. The van der Waals surface area contributed by atoms with Crippen molar-refractivity contribution in [3.63, 3.8) is 0 Å². The van der Waals surface area contributed by atoms with E-state index in [4.69, 9.17) is 4.74 Å². The van der Waals surface area contributed by atoms with Gasteiger partial charge >= 0.3 is 0 Å². The van der Waals surface area contributed by atoms with Crippen LogP contribution in [0, 0.1) is 6.92 Å². The Morgan fingerprint density at radius 1 is 1.18 bits per heavy atom. The average Bonchev–Trinajstić information content (AvgIpc) is 2.54. The van der Waals surface area contributed by atoms with Crippen molar-refractivity contribution in [2.45, 2.75) is 20.3 Å². The number of amides is 1. The maximum atomic E-state index is 12.1. The molecule has 2 aromatic rings. The van der Waals surface area contributed by atoms with E-state index >= 15 is 0 Å². The first-order valence-corrected chi connectivity index (χ1v) is 7.33. The van der Waals surface area contributed by atoms with Gasteiger partial charge in [-0.1, -0.05) is 37.3 Å². The van der Waals surface area contributed by atoms with Crippen molar-refractivity contribution in [1.82, 2.24) is 5.43 Å². The molecule has 1 amide bonds. The van der Waals surface area contributed by atoms with Crippen LogP contribution in [0.2, 0.25) is 0 Å². The van der Waals surface area contributed by atoms with E-state index in [2.05, 4.69) is 17.5 Å². The minimum absolute atomic E-state index is 0.221. The zero-order valence-corrected chi connectivity index (χ0v) is 12.9. The van der Waals surface area contributed by atoms with Crippen LogP contribution in [0.3, 0.4) is 0 Å². The lowest BCUT2D eigenvalue weighted by Gasteiger charge is -2.07. The number of hydrogen-bond acceptors (Lipinski definition) is 3. The van der Waals surface area contributed by atoms with Crippen LogP contribution >= 0.6 is 0 Å². The summed E-state index contributed by atoms with van der Waals surface area (Å²) in [6.07, 6.45) is 2.54. The second-order valence-corrected chi connectivity index (χ2v) is 4.90. The number of nitrogens with zero attached hydrogens (tertiary/aromatic N) is 1. The van der Waals surface area contributed by atoms with Gasteiger partial charge in [-0.3, -0.25) is 4.79 Å². The Kier molecular flexibility index (Phi) is 5.72. The summed E-state index contributed by atoms with van der Waals surface area (Å²) in [4.78, 5) is 12.1. The second kappa shape index (κ2) is 7.98. The molecule has 0 aliphatic carbocycles. The number of rotatable bonds is 6. The average molecular weight is 296 g/mol. The summed E-state index contributed by atoms with van der Waals surface area (Å²) >= 11 is 0. The summed E-state index contributed by atoms with van der Waals surface area (Å²) in [7, 11) is 0. The van der Waals surface area contributed by atoms with E-state index < -0.39 is 0 Å². The first kappa shape index (κ1) is 15.8. The fourth-order valence-electron chi connectivity index (χ4n) is 1.98. The van der Waals surface area contributed by atoms with E-state index in [-0.39, 0.29) is 5.91 Å². The third-order valence-corrected chi connectivity index (χ3v) is 3.14. The quantitative estimate of drug-likeness (QED) is 0.654. The predicted molar refractivity (Wildman–Crippen MR) is 88.5 cm³/mol. The van der Waals surface area contributed by atoms with Gasteiger partial charge in [-0.15, -0.1) is 0 Å².